The summed E-state index contributed by atoms with van der Waals surface area (Å²) in [5, 5.41) is 6.48. The lowest BCUT2D eigenvalue weighted by molar-refractivity contribution is 0.484. The van der Waals surface area contributed by atoms with Gasteiger partial charge in [-0.2, -0.15) is 0 Å². The smallest absolute Gasteiger partial charge is 0.145 e. The molecule has 0 amide bonds. The lowest BCUT2D eigenvalue weighted by Gasteiger charge is -2.14. The maximum atomic E-state index is 6.57. The van der Waals surface area contributed by atoms with E-state index in [2.05, 4.69) is 116 Å². The first-order chi connectivity index (χ1) is 23.3. The molecule has 0 N–H and O–H groups in total. The normalized spacial score (nSPS) is 11.8. The van der Waals surface area contributed by atoms with Gasteiger partial charge in [0.05, 0.1) is 22.9 Å². The standard InChI is InChI=1S/C41H25N5O/c1-3-7-26(8-4-1)28-11-14-33-31-15-12-30(23-35(31)41-44-25-39(46(41)38(33)21-28)27-9-5-2-6-10-27)47-29-13-16-32-34(22-29)40-43-19-20-45(40)37-17-18-42-24-36(32)37/h1-25H. The monoisotopic (exact) mass is 603 g/mol. The maximum Gasteiger partial charge on any atom is 0.145 e. The summed E-state index contributed by atoms with van der Waals surface area (Å²) < 4.78 is 11.0. The highest BCUT2D eigenvalue weighted by Crippen LogP contribution is 2.38. The van der Waals surface area contributed by atoms with E-state index in [1.54, 1.807) is 0 Å². The van der Waals surface area contributed by atoms with E-state index in [1.807, 2.05) is 55.2 Å². The molecule has 10 rings (SSSR count). The minimum absolute atomic E-state index is 0.739. The van der Waals surface area contributed by atoms with Crippen molar-refractivity contribution in [3.05, 3.63) is 152 Å². The van der Waals surface area contributed by atoms with Crippen LogP contribution < -0.4 is 4.74 Å². The minimum Gasteiger partial charge on any atom is -0.457 e. The van der Waals surface area contributed by atoms with Crippen LogP contribution in [0, 0.1) is 0 Å². The van der Waals surface area contributed by atoms with Gasteiger partial charge in [-0.05, 0) is 70.4 Å². The first-order valence-electron chi connectivity index (χ1n) is 15.6. The van der Waals surface area contributed by atoms with E-state index in [1.165, 1.54) is 5.56 Å². The molecule has 0 saturated carbocycles. The summed E-state index contributed by atoms with van der Waals surface area (Å²) in [7, 11) is 0. The summed E-state index contributed by atoms with van der Waals surface area (Å²) in [5.74, 6) is 1.48. The largest absolute Gasteiger partial charge is 0.457 e. The van der Waals surface area contributed by atoms with Gasteiger partial charge in [0.1, 0.15) is 22.8 Å². The van der Waals surface area contributed by atoms with Crippen LogP contribution in [0.15, 0.2) is 152 Å². The molecule has 0 bridgehead atoms. The summed E-state index contributed by atoms with van der Waals surface area (Å²) in [6.45, 7) is 0. The second kappa shape index (κ2) is 9.99. The number of pyridine rings is 3. The summed E-state index contributed by atoms with van der Waals surface area (Å²) >= 11 is 0. The second-order valence-corrected chi connectivity index (χ2v) is 11.8. The summed E-state index contributed by atoms with van der Waals surface area (Å²) in [5.41, 5.74) is 8.46. The van der Waals surface area contributed by atoms with Crippen LogP contribution in [0.4, 0.5) is 0 Å². The van der Waals surface area contributed by atoms with Crippen LogP contribution in [-0.4, -0.2) is 23.8 Å². The lowest BCUT2D eigenvalue weighted by atomic mass is 10.00. The van der Waals surface area contributed by atoms with E-state index < -0.39 is 0 Å². The SMILES string of the molecule is c1ccc(-c2ccc3c4ccc(Oc5ccc6c7cnccc7n7ccnc7c6c5)cc4c4ncc(-c5ccccc5)n4c3c2)cc1. The molecular formula is C41H25N5O. The van der Waals surface area contributed by atoms with Crippen LogP contribution in [0.3, 0.4) is 0 Å². The highest BCUT2D eigenvalue weighted by Gasteiger charge is 2.17. The number of imidazole rings is 2. The molecule has 0 aliphatic heterocycles. The molecule has 220 valence electrons. The quantitative estimate of drug-likeness (QED) is 0.188. The van der Waals surface area contributed by atoms with Crippen LogP contribution in [-0.2, 0) is 0 Å². The third-order valence-electron chi connectivity index (χ3n) is 9.16. The third kappa shape index (κ3) is 3.95. The zero-order chi connectivity index (χ0) is 30.9. The average molecular weight is 604 g/mol. The number of ether oxygens (including phenoxy) is 1. The van der Waals surface area contributed by atoms with E-state index in [-0.39, 0.29) is 0 Å². The highest BCUT2D eigenvalue weighted by molar-refractivity contribution is 6.14. The zero-order valence-electron chi connectivity index (χ0n) is 25.1. The molecule has 47 heavy (non-hydrogen) atoms. The Kier molecular flexibility index (Phi) is 5.48. The molecular weight excluding hydrogens is 578 g/mol. The van der Waals surface area contributed by atoms with Crippen LogP contribution in [0.5, 0.6) is 11.5 Å². The highest BCUT2D eigenvalue weighted by atomic mass is 16.5. The summed E-state index contributed by atoms with van der Waals surface area (Å²) in [6, 6.07) is 42.2. The maximum absolute atomic E-state index is 6.57. The van der Waals surface area contributed by atoms with Crippen LogP contribution in [0.25, 0.3) is 77.0 Å². The molecule has 5 heterocycles. The molecule has 0 aliphatic carbocycles. The van der Waals surface area contributed by atoms with Gasteiger partial charge in [0.15, 0.2) is 0 Å². The molecule has 5 aromatic carbocycles. The Morgan fingerprint density at radius 1 is 0.468 bits per heavy atom. The van der Waals surface area contributed by atoms with Gasteiger partial charge >= 0.3 is 0 Å². The number of hydrogen-bond donors (Lipinski definition) is 0. The van der Waals surface area contributed by atoms with Crippen molar-refractivity contribution < 1.29 is 4.74 Å². The molecule has 6 heteroatoms. The number of fused-ring (bicyclic) bond motifs is 12. The molecule has 0 fully saturated rings. The molecule has 0 saturated heterocycles. The van der Waals surface area contributed by atoms with Crippen molar-refractivity contribution in [2.24, 2.45) is 0 Å². The fraction of sp³-hybridized carbons (Fsp3) is 0. The van der Waals surface area contributed by atoms with Crippen molar-refractivity contribution in [3.8, 4) is 33.9 Å². The van der Waals surface area contributed by atoms with Crippen molar-refractivity contribution in [1.29, 1.82) is 0 Å². The van der Waals surface area contributed by atoms with Gasteiger partial charge in [0, 0.05) is 51.9 Å². The molecule has 0 atom stereocenters. The van der Waals surface area contributed by atoms with E-state index in [0.29, 0.717) is 0 Å². The number of hydrogen-bond acceptors (Lipinski definition) is 4. The predicted octanol–water partition coefficient (Wildman–Crippen LogP) is 10.1. The van der Waals surface area contributed by atoms with Gasteiger partial charge < -0.3 is 4.74 Å². The predicted molar refractivity (Wildman–Crippen MR) is 189 cm³/mol. The Bertz CT molecular complexity index is 2820. The molecule has 0 aliphatic rings. The summed E-state index contributed by atoms with van der Waals surface area (Å²) in [4.78, 5) is 14.1. The molecule has 0 unspecified atom stereocenters. The summed E-state index contributed by atoms with van der Waals surface area (Å²) in [6.07, 6.45) is 9.52. The molecule has 6 nitrogen and oxygen atoms in total. The molecule has 0 spiro atoms. The number of aromatic nitrogens is 5. The van der Waals surface area contributed by atoms with Crippen LogP contribution in [0.2, 0.25) is 0 Å². The number of benzene rings is 5. The number of nitrogens with zero attached hydrogens (tertiary/aromatic N) is 5. The van der Waals surface area contributed by atoms with Gasteiger partial charge in [-0.15, -0.1) is 0 Å². The molecule has 0 radical (unpaired) electrons. The van der Waals surface area contributed by atoms with E-state index in [9.17, 15) is 0 Å². The Hall–Kier alpha value is -6.53. The Morgan fingerprint density at radius 2 is 1.17 bits per heavy atom. The first-order valence-corrected chi connectivity index (χ1v) is 15.6. The average Bonchev–Trinajstić information content (AvgIpc) is 3.82. The third-order valence-corrected chi connectivity index (χ3v) is 9.16. The van der Waals surface area contributed by atoms with E-state index in [0.717, 1.165) is 83.0 Å². The topological polar surface area (TPSA) is 56.7 Å². The van der Waals surface area contributed by atoms with Crippen molar-refractivity contribution in [1.82, 2.24) is 23.8 Å². The van der Waals surface area contributed by atoms with Crippen molar-refractivity contribution in [3.63, 3.8) is 0 Å². The zero-order valence-corrected chi connectivity index (χ0v) is 25.1. The fourth-order valence-corrected chi connectivity index (χ4v) is 7.00. The molecule has 10 aromatic rings. The second-order valence-electron chi connectivity index (χ2n) is 11.8. The minimum atomic E-state index is 0.739. The fourth-order valence-electron chi connectivity index (χ4n) is 7.00. The van der Waals surface area contributed by atoms with Gasteiger partial charge in [-0.3, -0.25) is 13.8 Å². The van der Waals surface area contributed by atoms with Gasteiger partial charge in [-0.25, -0.2) is 9.97 Å². The van der Waals surface area contributed by atoms with Crippen molar-refractivity contribution >= 4 is 54.6 Å². The van der Waals surface area contributed by atoms with E-state index >= 15 is 0 Å². The first kappa shape index (κ1) is 25.8. The lowest BCUT2D eigenvalue weighted by Crippen LogP contribution is -1.95. The van der Waals surface area contributed by atoms with Crippen LogP contribution >= 0.6 is 0 Å². The molecule has 5 aromatic heterocycles. The Balaban J connectivity index is 1.16. The van der Waals surface area contributed by atoms with E-state index in [4.69, 9.17) is 9.72 Å². The Morgan fingerprint density at radius 3 is 1.96 bits per heavy atom. The van der Waals surface area contributed by atoms with Gasteiger partial charge in [0.2, 0.25) is 0 Å². The van der Waals surface area contributed by atoms with Crippen LogP contribution in [0.1, 0.15) is 0 Å². The van der Waals surface area contributed by atoms with Crippen molar-refractivity contribution in [2.45, 2.75) is 0 Å². The Labute approximate surface area is 268 Å². The van der Waals surface area contributed by atoms with Gasteiger partial charge in [-0.1, -0.05) is 72.8 Å². The number of rotatable bonds is 4. The van der Waals surface area contributed by atoms with Crippen molar-refractivity contribution in [2.75, 3.05) is 0 Å². The van der Waals surface area contributed by atoms with Gasteiger partial charge in [0.25, 0.3) is 0 Å².